The molecule has 1 aromatic carbocycles. The van der Waals surface area contributed by atoms with Crippen LogP contribution >= 0.6 is 11.6 Å². The highest BCUT2D eigenvalue weighted by molar-refractivity contribution is 6.28. The molecular weight excluding hydrogens is 329 g/mol. The van der Waals surface area contributed by atoms with Gasteiger partial charge < -0.3 is 9.88 Å². The van der Waals surface area contributed by atoms with E-state index in [4.69, 9.17) is 11.6 Å². The molecule has 0 radical (unpaired) electrons. The van der Waals surface area contributed by atoms with Gasteiger partial charge in [-0.15, -0.1) is 0 Å². The van der Waals surface area contributed by atoms with Crippen LogP contribution in [0.2, 0.25) is 5.28 Å². The Morgan fingerprint density at radius 2 is 1.92 bits per heavy atom. The first-order valence-corrected chi connectivity index (χ1v) is 8.47. The molecule has 7 heteroatoms. The second kappa shape index (κ2) is 6.36. The first kappa shape index (κ1) is 15.3. The lowest BCUT2D eigenvalue weighted by molar-refractivity contribution is 0.529. The number of nitrogens with one attached hydrogen (secondary N) is 1. The van der Waals surface area contributed by atoms with Crippen LogP contribution in [0, 0.1) is 5.82 Å². The van der Waals surface area contributed by atoms with Crippen LogP contribution in [-0.2, 0) is 6.54 Å². The number of imidazole rings is 1. The monoisotopic (exact) mass is 345 g/mol. The number of anilines is 1. The van der Waals surface area contributed by atoms with Crippen molar-refractivity contribution in [2.45, 2.75) is 38.3 Å². The molecule has 0 atom stereocenters. The summed E-state index contributed by atoms with van der Waals surface area (Å²) >= 11 is 6.11. The zero-order valence-corrected chi connectivity index (χ0v) is 13.8. The van der Waals surface area contributed by atoms with Gasteiger partial charge in [0.2, 0.25) is 5.28 Å². The number of fused-ring (bicyclic) bond motifs is 1. The predicted octanol–water partition coefficient (Wildman–Crippen LogP) is 4.35. The Morgan fingerprint density at radius 3 is 2.67 bits per heavy atom. The Balaban J connectivity index is 1.63. The molecule has 1 fully saturated rings. The fourth-order valence-corrected chi connectivity index (χ4v) is 3.42. The molecule has 1 aliphatic rings. The fourth-order valence-electron chi connectivity index (χ4n) is 3.25. The molecule has 0 bridgehead atoms. The Bertz CT molecular complexity index is 855. The van der Waals surface area contributed by atoms with Gasteiger partial charge in [0.15, 0.2) is 17.0 Å². The summed E-state index contributed by atoms with van der Waals surface area (Å²) in [7, 11) is 0. The smallest absolute Gasteiger partial charge is 0.226 e. The molecule has 3 aromatic rings. The SMILES string of the molecule is Fc1ccc(CNc2nc(Cl)nc3c2ncn3C2CCCC2)cc1. The normalized spacial score (nSPS) is 15.2. The first-order chi connectivity index (χ1) is 11.7. The van der Waals surface area contributed by atoms with Gasteiger partial charge in [-0.2, -0.15) is 9.97 Å². The molecule has 0 aliphatic heterocycles. The molecule has 124 valence electrons. The highest BCUT2D eigenvalue weighted by Crippen LogP contribution is 2.33. The first-order valence-electron chi connectivity index (χ1n) is 8.09. The highest BCUT2D eigenvalue weighted by Gasteiger charge is 2.21. The van der Waals surface area contributed by atoms with Gasteiger partial charge in [0, 0.05) is 12.6 Å². The molecule has 5 nitrogen and oxygen atoms in total. The van der Waals surface area contributed by atoms with Crippen LogP contribution in [0.5, 0.6) is 0 Å². The second-order valence-electron chi connectivity index (χ2n) is 6.08. The lowest BCUT2D eigenvalue weighted by atomic mass is 10.2. The molecule has 24 heavy (non-hydrogen) atoms. The van der Waals surface area contributed by atoms with Crippen LogP contribution < -0.4 is 5.32 Å². The molecule has 2 heterocycles. The molecule has 2 aromatic heterocycles. The summed E-state index contributed by atoms with van der Waals surface area (Å²) in [6.45, 7) is 0.513. The van der Waals surface area contributed by atoms with E-state index in [1.165, 1.54) is 25.0 Å². The maximum absolute atomic E-state index is 13.0. The molecular formula is C17H17ClFN5. The molecule has 1 aliphatic carbocycles. The summed E-state index contributed by atoms with van der Waals surface area (Å²) < 4.78 is 15.1. The molecule has 0 amide bonds. The zero-order chi connectivity index (χ0) is 16.5. The number of aromatic nitrogens is 4. The third kappa shape index (κ3) is 2.94. The lowest BCUT2D eigenvalue weighted by Crippen LogP contribution is -2.06. The number of halogens is 2. The van der Waals surface area contributed by atoms with Crippen LogP contribution in [0.1, 0.15) is 37.3 Å². The van der Waals surface area contributed by atoms with Crippen molar-refractivity contribution in [1.82, 2.24) is 19.5 Å². The van der Waals surface area contributed by atoms with Crippen LogP contribution in [0.15, 0.2) is 30.6 Å². The van der Waals surface area contributed by atoms with Gasteiger partial charge in [-0.05, 0) is 42.1 Å². The van der Waals surface area contributed by atoms with E-state index in [1.54, 1.807) is 12.1 Å². The number of rotatable bonds is 4. The van der Waals surface area contributed by atoms with Gasteiger partial charge in [0.1, 0.15) is 5.82 Å². The minimum absolute atomic E-state index is 0.198. The summed E-state index contributed by atoms with van der Waals surface area (Å²) in [5.74, 6) is 0.354. The third-order valence-electron chi connectivity index (χ3n) is 4.49. The Morgan fingerprint density at radius 1 is 1.17 bits per heavy atom. The summed E-state index contributed by atoms with van der Waals surface area (Å²) in [6.07, 6.45) is 6.59. The zero-order valence-electron chi connectivity index (χ0n) is 13.0. The molecule has 1 N–H and O–H groups in total. The Kier molecular flexibility index (Phi) is 4.06. The minimum atomic E-state index is -0.249. The van der Waals surface area contributed by atoms with E-state index in [0.717, 1.165) is 24.1 Å². The van der Waals surface area contributed by atoms with Crippen molar-refractivity contribution in [3.63, 3.8) is 0 Å². The van der Waals surface area contributed by atoms with Crippen molar-refractivity contribution in [3.8, 4) is 0 Å². The molecule has 1 saturated carbocycles. The van der Waals surface area contributed by atoms with Gasteiger partial charge in [0.25, 0.3) is 0 Å². The van der Waals surface area contributed by atoms with E-state index in [0.29, 0.717) is 23.9 Å². The van der Waals surface area contributed by atoms with Crippen LogP contribution in [0.25, 0.3) is 11.2 Å². The average Bonchev–Trinajstić information content (AvgIpc) is 3.22. The van der Waals surface area contributed by atoms with Gasteiger partial charge in [-0.1, -0.05) is 25.0 Å². The third-order valence-corrected chi connectivity index (χ3v) is 4.65. The van der Waals surface area contributed by atoms with Crippen molar-refractivity contribution >= 4 is 28.6 Å². The largest absolute Gasteiger partial charge is 0.364 e. The molecule has 0 saturated heterocycles. The number of hydrogen-bond acceptors (Lipinski definition) is 4. The van der Waals surface area contributed by atoms with E-state index >= 15 is 0 Å². The summed E-state index contributed by atoms with van der Waals surface area (Å²) in [6, 6.07) is 6.78. The predicted molar refractivity (Wildman–Crippen MR) is 91.6 cm³/mol. The van der Waals surface area contributed by atoms with E-state index in [-0.39, 0.29) is 11.1 Å². The maximum atomic E-state index is 13.0. The van der Waals surface area contributed by atoms with E-state index < -0.39 is 0 Å². The van der Waals surface area contributed by atoms with E-state index in [1.807, 2.05) is 6.33 Å². The molecule has 0 spiro atoms. The highest BCUT2D eigenvalue weighted by atomic mass is 35.5. The van der Waals surface area contributed by atoms with Crippen LogP contribution in [0.3, 0.4) is 0 Å². The number of hydrogen-bond donors (Lipinski definition) is 1. The maximum Gasteiger partial charge on any atom is 0.226 e. The van der Waals surface area contributed by atoms with Crippen LogP contribution in [0.4, 0.5) is 10.2 Å². The molecule has 4 rings (SSSR count). The standard InChI is InChI=1S/C17H17ClFN5/c18-17-22-15(20-9-11-5-7-12(19)8-6-11)14-16(23-17)24(10-21-14)13-3-1-2-4-13/h5-8,10,13H,1-4,9H2,(H,20,22,23). The fraction of sp³-hybridized carbons (Fsp3) is 0.353. The van der Waals surface area contributed by atoms with E-state index in [2.05, 4.69) is 24.8 Å². The van der Waals surface area contributed by atoms with Crippen molar-refractivity contribution in [3.05, 3.63) is 47.3 Å². The number of nitrogens with zero attached hydrogens (tertiary/aromatic N) is 4. The van der Waals surface area contributed by atoms with Crippen molar-refractivity contribution < 1.29 is 4.39 Å². The molecule has 0 unspecified atom stereocenters. The minimum Gasteiger partial charge on any atom is -0.364 e. The number of benzene rings is 1. The van der Waals surface area contributed by atoms with Crippen LogP contribution in [-0.4, -0.2) is 19.5 Å². The van der Waals surface area contributed by atoms with Crippen molar-refractivity contribution in [1.29, 1.82) is 0 Å². The van der Waals surface area contributed by atoms with Gasteiger partial charge in [0.05, 0.1) is 6.33 Å². The van der Waals surface area contributed by atoms with Crippen molar-refractivity contribution in [2.24, 2.45) is 0 Å². The summed E-state index contributed by atoms with van der Waals surface area (Å²) in [5.41, 5.74) is 2.44. The lowest BCUT2D eigenvalue weighted by Gasteiger charge is -2.12. The Labute approximate surface area is 143 Å². The summed E-state index contributed by atoms with van der Waals surface area (Å²) in [5, 5.41) is 3.43. The average molecular weight is 346 g/mol. The van der Waals surface area contributed by atoms with Gasteiger partial charge in [-0.3, -0.25) is 0 Å². The second-order valence-corrected chi connectivity index (χ2v) is 6.42. The topological polar surface area (TPSA) is 55.6 Å². The summed E-state index contributed by atoms with van der Waals surface area (Å²) in [4.78, 5) is 13.1. The van der Waals surface area contributed by atoms with Gasteiger partial charge in [-0.25, -0.2) is 9.37 Å². The van der Waals surface area contributed by atoms with Crippen molar-refractivity contribution in [2.75, 3.05) is 5.32 Å². The quantitative estimate of drug-likeness (QED) is 0.714. The Hall–Kier alpha value is -2.21. The van der Waals surface area contributed by atoms with Gasteiger partial charge >= 0.3 is 0 Å². The van der Waals surface area contributed by atoms with E-state index in [9.17, 15) is 4.39 Å².